The van der Waals surface area contributed by atoms with Gasteiger partial charge in [0, 0.05) is 46.2 Å². The van der Waals surface area contributed by atoms with Crippen LogP contribution >= 0.6 is 11.6 Å². The van der Waals surface area contributed by atoms with E-state index in [4.69, 9.17) is 33.9 Å². The van der Waals surface area contributed by atoms with Crippen molar-refractivity contribution in [2.45, 2.75) is 38.8 Å². The van der Waals surface area contributed by atoms with Crippen LogP contribution < -0.4 is 21.7 Å². The van der Waals surface area contributed by atoms with Crippen LogP contribution in [-0.4, -0.2) is 35.3 Å². The molecule has 1 saturated carbocycles. The second-order valence-corrected chi connectivity index (χ2v) is 9.90. The lowest BCUT2D eigenvalue weighted by Crippen LogP contribution is -2.55. The lowest BCUT2D eigenvalue weighted by Gasteiger charge is -2.31. The summed E-state index contributed by atoms with van der Waals surface area (Å²) in [6.07, 6.45) is 2.72. The van der Waals surface area contributed by atoms with Crippen LogP contribution in [0, 0.1) is 16.7 Å². The van der Waals surface area contributed by atoms with Gasteiger partial charge in [0.25, 0.3) is 5.91 Å². The molecule has 8 N–H and O–H groups in total. The summed E-state index contributed by atoms with van der Waals surface area (Å²) in [5.74, 6) is -0.770. The summed E-state index contributed by atoms with van der Waals surface area (Å²) in [7, 11) is 0. The third-order valence-corrected chi connectivity index (χ3v) is 7.19. The Kier molecular flexibility index (Phi) is 8.34. The number of benzene rings is 3. The average Bonchev–Trinajstić information content (AvgIpc) is 3.45. The number of carbonyl (C=O) groups is 1. The number of amidine groups is 1. The van der Waals surface area contributed by atoms with Crippen molar-refractivity contribution in [3.05, 3.63) is 76.8 Å². The molecule has 1 unspecified atom stereocenters. The van der Waals surface area contributed by atoms with Gasteiger partial charge >= 0.3 is 0 Å². The van der Waals surface area contributed by atoms with Crippen LogP contribution in [0.15, 0.2) is 60.7 Å². The Balaban J connectivity index is 1.73. The van der Waals surface area contributed by atoms with E-state index in [2.05, 4.69) is 5.32 Å². The first-order valence-electron chi connectivity index (χ1n) is 12.7. The molecule has 3 aromatic carbocycles. The summed E-state index contributed by atoms with van der Waals surface area (Å²) < 4.78 is 0. The van der Waals surface area contributed by atoms with Crippen molar-refractivity contribution in [1.82, 2.24) is 5.32 Å². The predicted octanol–water partition coefficient (Wildman–Crippen LogP) is 5.11. The van der Waals surface area contributed by atoms with Crippen LogP contribution in [0.3, 0.4) is 0 Å². The molecule has 1 aliphatic carbocycles. The van der Waals surface area contributed by atoms with Gasteiger partial charge in [0.05, 0.1) is 5.56 Å². The van der Waals surface area contributed by atoms with Crippen LogP contribution in [-0.2, 0) is 4.79 Å². The van der Waals surface area contributed by atoms with E-state index in [9.17, 15) is 9.90 Å². The normalized spacial score (nSPS) is 14.2. The molecule has 38 heavy (non-hydrogen) atoms. The van der Waals surface area contributed by atoms with Crippen molar-refractivity contribution in [3.63, 3.8) is 0 Å². The van der Waals surface area contributed by atoms with Gasteiger partial charge in [0.1, 0.15) is 11.6 Å². The van der Waals surface area contributed by atoms with Crippen molar-refractivity contribution >= 4 is 40.4 Å². The fourth-order valence-electron chi connectivity index (χ4n) is 4.87. The highest BCUT2D eigenvalue weighted by Crippen LogP contribution is 2.34. The molecule has 4 rings (SSSR count). The highest BCUT2D eigenvalue weighted by Gasteiger charge is 2.30. The number of anilines is 2. The number of hydrogen-bond donors (Lipinski definition) is 6. The SMILES string of the molecule is CCNC(=O)C(N)N(C(=N)c1cc(C(=N)C2CCCC2)c(N)cc1O)c1ccc(-c2ccc(Cl)cc2)cc1. The number of phenolic OH excluding ortho intramolecular Hbond substituents is 1. The first-order chi connectivity index (χ1) is 18.2. The average molecular weight is 533 g/mol. The molecule has 0 radical (unpaired) electrons. The fraction of sp³-hybridized carbons (Fsp3) is 0.276. The smallest absolute Gasteiger partial charge is 0.257 e. The van der Waals surface area contributed by atoms with Crippen LogP contribution in [0.4, 0.5) is 11.4 Å². The van der Waals surface area contributed by atoms with E-state index in [0.29, 0.717) is 28.5 Å². The van der Waals surface area contributed by atoms with E-state index in [1.54, 1.807) is 25.1 Å². The van der Waals surface area contributed by atoms with Crippen LogP contribution in [0.2, 0.25) is 5.02 Å². The van der Waals surface area contributed by atoms with E-state index in [1.165, 1.54) is 11.0 Å². The highest BCUT2D eigenvalue weighted by molar-refractivity contribution is 6.30. The second kappa shape index (κ2) is 11.7. The standard InChI is InChI=1S/C29H33ClN6O2/c1-2-35-29(38)28(34)36(21-13-9-18(10-14-21)17-7-11-20(30)12-8-17)27(33)23-15-22(24(31)16-25(23)37)26(32)19-5-3-4-6-19/h7-16,19,28,32-33,37H,2-6,31,34H2,1H3,(H,35,38). The quantitative estimate of drug-likeness (QED) is 0.103. The topological polar surface area (TPSA) is 152 Å². The van der Waals surface area contributed by atoms with Gasteiger partial charge in [-0.05, 0) is 61.2 Å². The molecule has 1 fully saturated rings. The number of nitrogens with two attached hydrogens (primary N) is 2. The minimum absolute atomic E-state index is 0.0954. The first-order valence-corrected chi connectivity index (χ1v) is 13.1. The Morgan fingerprint density at radius 1 is 1.05 bits per heavy atom. The summed E-state index contributed by atoms with van der Waals surface area (Å²) in [5.41, 5.74) is 16.2. The lowest BCUT2D eigenvalue weighted by atomic mass is 9.92. The number of hydrogen-bond acceptors (Lipinski definition) is 6. The summed E-state index contributed by atoms with van der Waals surface area (Å²) in [6, 6.07) is 17.6. The molecular weight excluding hydrogens is 500 g/mol. The summed E-state index contributed by atoms with van der Waals surface area (Å²) in [5, 5.41) is 31.9. The number of likely N-dealkylation sites (N-methyl/N-ethyl adjacent to an activating group) is 1. The molecular formula is C29H33ClN6O2. The highest BCUT2D eigenvalue weighted by atomic mass is 35.5. The van der Waals surface area contributed by atoms with Crippen LogP contribution in [0.1, 0.15) is 43.7 Å². The molecule has 0 saturated heterocycles. The third kappa shape index (κ3) is 5.66. The molecule has 1 atom stereocenters. The maximum atomic E-state index is 12.8. The molecule has 3 aromatic rings. The molecule has 0 aromatic heterocycles. The predicted molar refractivity (Wildman–Crippen MR) is 154 cm³/mol. The van der Waals surface area contributed by atoms with Gasteiger partial charge in [-0.15, -0.1) is 0 Å². The summed E-state index contributed by atoms with van der Waals surface area (Å²) in [4.78, 5) is 14.2. The van der Waals surface area contributed by atoms with Crippen molar-refractivity contribution < 1.29 is 9.90 Å². The Morgan fingerprint density at radius 2 is 1.63 bits per heavy atom. The third-order valence-electron chi connectivity index (χ3n) is 6.94. The lowest BCUT2D eigenvalue weighted by molar-refractivity contribution is -0.122. The number of carbonyl (C=O) groups excluding carboxylic acids is 1. The summed E-state index contributed by atoms with van der Waals surface area (Å²) in [6.45, 7) is 2.16. The monoisotopic (exact) mass is 532 g/mol. The molecule has 8 nitrogen and oxygen atoms in total. The maximum Gasteiger partial charge on any atom is 0.257 e. The number of halogens is 1. The summed E-state index contributed by atoms with van der Waals surface area (Å²) >= 11 is 6.02. The molecule has 1 amide bonds. The van der Waals surface area contributed by atoms with Gasteiger partial charge in [-0.25, -0.2) is 0 Å². The van der Waals surface area contributed by atoms with Crippen LogP contribution in [0.5, 0.6) is 5.75 Å². The van der Waals surface area contributed by atoms with Gasteiger partial charge in [-0.2, -0.15) is 0 Å². The van der Waals surface area contributed by atoms with E-state index < -0.39 is 12.1 Å². The van der Waals surface area contributed by atoms with Crippen LogP contribution in [0.25, 0.3) is 11.1 Å². The maximum absolute atomic E-state index is 12.8. The fourth-order valence-corrected chi connectivity index (χ4v) is 5.00. The molecule has 9 heteroatoms. The molecule has 0 aliphatic heterocycles. The molecule has 198 valence electrons. The number of amides is 1. The zero-order chi connectivity index (χ0) is 27.4. The largest absolute Gasteiger partial charge is 0.507 e. The number of rotatable bonds is 8. The van der Waals surface area contributed by atoms with Crippen molar-refractivity contribution in [2.75, 3.05) is 17.2 Å². The van der Waals surface area contributed by atoms with E-state index in [0.717, 1.165) is 36.8 Å². The number of nitrogen functional groups attached to an aromatic ring is 1. The van der Waals surface area contributed by atoms with Crippen molar-refractivity contribution in [3.8, 4) is 16.9 Å². The zero-order valence-electron chi connectivity index (χ0n) is 21.3. The Bertz CT molecular complexity index is 1330. The Morgan fingerprint density at radius 3 is 2.21 bits per heavy atom. The number of phenols is 1. The first kappa shape index (κ1) is 27.2. The Labute approximate surface area is 227 Å². The molecule has 1 aliphatic rings. The van der Waals surface area contributed by atoms with Gasteiger partial charge in [-0.1, -0.05) is 48.7 Å². The van der Waals surface area contributed by atoms with Crippen molar-refractivity contribution in [2.24, 2.45) is 11.7 Å². The van der Waals surface area contributed by atoms with Gasteiger partial charge in [-0.3, -0.25) is 10.2 Å². The van der Waals surface area contributed by atoms with E-state index in [1.807, 2.05) is 36.4 Å². The van der Waals surface area contributed by atoms with Crippen molar-refractivity contribution in [1.29, 1.82) is 10.8 Å². The number of aromatic hydroxyl groups is 1. The molecule has 0 bridgehead atoms. The Hall–Kier alpha value is -3.88. The molecule has 0 heterocycles. The zero-order valence-corrected chi connectivity index (χ0v) is 22.1. The van der Waals surface area contributed by atoms with Gasteiger partial charge in [0.2, 0.25) is 0 Å². The number of nitrogens with zero attached hydrogens (tertiary/aromatic N) is 1. The minimum Gasteiger partial charge on any atom is -0.507 e. The van der Waals surface area contributed by atoms with Gasteiger partial charge in [0.15, 0.2) is 6.17 Å². The van der Waals surface area contributed by atoms with Gasteiger partial charge < -0.3 is 32.2 Å². The minimum atomic E-state index is -1.24. The van der Waals surface area contributed by atoms with E-state index >= 15 is 0 Å². The number of nitrogens with one attached hydrogen (secondary N) is 3. The second-order valence-electron chi connectivity index (χ2n) is 9.46. The van der Waals surface area contributed by atoms with E-state index in [-0.39, 0.29) is 28.8 Å². The molecule has 0 spiro atoms.